The number of halogens is 1. The first-order valence-corrected chi connectivity index (χ1v) is 6.72. The molecular formula is C16H19FN2O. The molecule has 0 aliphatic carbocycles. The van der Waals surface area contributed by atoms with Crippen molar-refractivity contribution in [3.8, 4) is 11.5 Å². The molecule has 1 heterocycles. The molecule has 106 valence electrons. The summed E-state index contributed by atoms with van der Waals surface area (Å²) in [5, 5.41) is 3.32. The monoisotopic (exact) mass is 274 g/mol. The second-order valence-corrected chi connectivity index (χ2v) is 5.07. The molecule has 0 aliphatic rings. The summed E-state index contributed by atoms with van der Waals surface area (Å²) in [6.07, 6.45) is 1.70. The van der Waals surface area contributed by atoms with E-state index in [1.165, 1.54) is 12.1 Å². The van der Waals surface area contributed by atoms with Crippen LogP contribution >= 0.6 is 0 Å². The number of aromatic nitrogens is 1. The van der Waals surface area contributed by atoms with Gasteiger partial charge in [-0.15, -0.1) is 0 Å². The largest absolute Gasteiger partial charge is 0.457 e. The van der Waals surface area contributed by atoms with Crippen molar-refractivity contribution in [2.75, 3.05) is 6.54 Å². The van der Waals surface area contributed by atoms with Gasteiger partial charge in [-0.05, 0) is 30.7 Å². The lowest BCUT2D eigenvalue weighted by atomic mass is 10.2. The summed E-state index contributed by atoms with van der Waals surface area (Å²) in [5.74, 6) is 1.43. The number of hydrogen-bond donors (Lipinski definition) is 1. The van der Waals surface area contributed by atoms with E-state index in [0.717, 1.165) is 12.2 Å². The van der Waals surface area contributed by atoms with Gasteiger partial charge in [0.15, 0.2) is 0 Å². The highest BCUT2D eigenvalue weighted by atomic mass is 19.1. The molecule has 0 amide bonds. The fourth-order valence-electron chi connectivity index (χ4n) is 1.77. The molecule has 2 rings (SSSR count). The molecule has 0 bridgehead atoms. The fourth-order valence-corrected chi connectivity index (χ4v) is 1.77. The third-order valence-corrected chi connectivity index (χ3v) is 2.68. The highest BCUT2D eigenvalue weighted by Gasteiger charge is 2.02. The minimum absolute atomic E-state index is 0.310. The molecule has 0 unspecified atom stereocenters. The van der Waals surface area contributed by atoms with Gasteiger partial charge in [-0.3, -0.25) is 4.98 Å². The van der Waals surface area contributed by atoms with Crippen LogP contribution in [0.15, 0.2) is 42.6 Å². The number of hydrogen-bond acceptors (Lipinski definition) is 3. The lowest BCUT2D eigenvalue weighted by Gasteiger charge is -2.09. The minimum atomic E-state index is -0.310. The van der Waals surface area contributed by atoms with Crippen LogP contribution in [0.1, 0.15) is 19.5 Å². The van der Waals surface area contributed by atoms with Crippen LogP contribution in [0.4, 0.5) is 4.39 Å². The van der Waals surface area contributed by atoms with Crippen molar-refractivity contribution in [3.63, 3.8) is 0 Å². The van der Waals surface area contributed by atoms with Gasteiger partial charge in [-0.1, -0.05) is 19.9 Å². The van der Waals surface area contributed by atoms with Crippen LogP contribution in [-0.2, 0) is 6.54 Å². The molecule has 1 N–H and O–H groups in total. The molecule has 0 fully saturated rings. The number of ether oxygens (including phenoxy) is 1. The predicted octanol–water partition coefficient (Wildman–Crippen LogP) is 3.76. The van der Waals surface area contributed by atoms with Crippen LogP contribution < -0.4 is 10.1 Å². The lowest BCUT2D eigenvalue weighted by Crippen LogP contribution is -2.19. The maximum atomic E-state index is 13.1. The molecule has 20 heavy (non-hydrogen) atoms. The minimum Gasteiger partial charge on any atom is -0.457 e. The van der Waals surface area contributed by atoms with E-state index in [-0.39, 0.29) is 5.82 Å². The van der Waals surface area contributed by atoms with E-state index in [2.05, 4.69) is 24.1 Å². The second-order valence-electron chi connectivity index (χ2n) is 5.07. The topological polar surface area (TPSA) is 34.1 Å². The summed E-state index contributed by atoms with van der Waals surface area (Å²) in [6.45, 7) is 5.95. The number of nitrogens with one attached hydrogen (secondary N) is 1. The van der Waals surface area contributed by atoms with Crippen LogP contribution in [0.3, 0.4) is 0 Å². The Hall–Kier alpha value is -1.94. The summed E-state index contributed by atoms with van der Waals surface area (Å²) >= 11 is 0. The molecule has 3 nitrogen and oxygen atoms in total. The van der Waals surface area contributed by atoms with Crippen molar-refractivity contribution in [2.45, 2.75) is 20.4 Å². The summed E-state index contributed by atoms with van der Waals surface area (Å²) < 4.78 is 18.7. The van der Waals surface area contributed by atoms with Crippen LogP contribution in [0.25, 0.3) is 0 Å². The Labute approximate surface area is 118 Å². The van der Waals surface area contributed by atoms with E-state index in [0.29, 0.717) is 24.0 Å². The van der Waals surface area contributed by atoms with Crippen molar-refractivity contribution in [2.24, 2.45) is 5.92 Å². The highest BCUT2D eigenvalue weighted by molar-refractivity contribution is 5.31. The van der Waals surface area contributed by atoms with Crippen molar-refractivity contribution >= 4 is 0 Å². The van der Waals surface area contributed by atoms with E-state index < -0.39 is 0 Å². The number of rotatable bonds is 6. The van der Waals surface area contributed by atoms with E-state index in [1.54, 1.807) is 24.4 Å². The molecule has 2 aromatic rings. The standard InChI is InChI=1S/C16H19FN2O/c1-12(2)10-18-11-14-9-16(6-7-19-14)20-15-5-3-4-13(17)8-15/h3-9,12,18H,10-11H2,1-2H3. The van der Waals surface area contributed by atoms with Crippen molar-refractivity contribution in [1.29, 1.82) is 0 Å². The van der Waals surface area contributed by atoms with Crippen molar-refractivity contribution < 1.29 is 9.13 Å². The SMILES string of the molecule is CC(C)CNCc1cc(Oc2cccc(F)c2)ccn1. The van der Waals surface area contributed by atoms with E-state index in [4.69, 9.17) is 4.74 Å². The molecule has 0 saturated heterocycles. The molecule has 0 aliphatic heterocycles. The first kappa shape index (κ1) is 14.5. The first-order valence-electron chi connectivity index (χ1n) is 6.72. The van der Waals surface area contributed by atoms with Gasteiger partial charge < -0.3 is 10.1 Å². The molecule has 4 heteroatoms. The van der Waals surface area contributed by atoms with Gasteiger partial charge in [0.25, 0.3) is 0 Å². The third-order valence-electron chi connectivity index (χ3n) is 2.68. The third kappa shape index (κ3) is 4.63. The molecule has 0 atom stereocenters. The zero-order valence-corrected chi connectivity index (χ0v) is 11.8. The van der Waals surface area contributed by atoms with Gasteiger partial charge in [0, 0.05) is 24.9 Å². The van der Waals surface area contributed by atoms with Gasteiger partial charge >= 0.3 is 0 Å². The summed E-state index contributed by atoms with van der Waals surface area (Å²) in [4.78, 5) is 4.28. The average molecular weight is 274 g/mol. The molecule has 0 spiro atoms. The number of nitrogens with zero attached hydrogens (tertiary/aromatic N) is 1. The summed E-state index contributed by atoms with van der Waals surface area (Å²) in [5.41, 5.74) is 0.902. The lowest BCUT2D eigenvalue weighted by molar-refractivity contribution is 0.474. The highest BCUT2D eigenvalue weighted by Crippen LogP contribution is 2.21. The molecular weight excluding hydrogens is 255 g/mol. The zero-order chi connectivity index (χ0) is 14.4. The van der Waals surface area contributed by atoms with E-state index in [1.807, 2.05) is 6.07 Å². The van der Waals surface area contributed by atoms with Crippen molar-refractivity contribution in [1.82, 2.24) is 10.3 Å². The number of pyridine rings is 1. The normalized spacial score (nSPS) is 10.8. The van der Waals surface area contributed by atoms with Gasteiger partial charge in [-0.2, -0.15) is 0 Å². The number of benzene rings is 1. The quantitative estimate of drug-likeness (QED) is 0.871. The Morgan fingerprint density at radius 1 is 1.20 bits per heavy atom. The van der Waals surface area contributed by atoms with Gasteiger partial charge in [0.2, 0.25) is 0 Å². The summed E-state index contributed by atoms with van der Waals surface area (Å²) in [6, 6.07) is 9.71. The average Bonchev–Trinajstić information content (AvgIpc) is 2.39. The summed E-state index contributed by atoms with van der Waals surface area (Å²) in [7, 11) is 0. The Kier molecular flexibility index (Phi) is 5.07. The van der Waals surface area contributed by atoms with Crippen molar-refractivity contribution in [3.05, 3.63) is 54.1 Å². The Morgan fingerprint density at radius 3 is 2.75 bits per heavy atom. The zero-order valence-electron chi connectivity index (χ0n) is 11.8. The maximum absolute atomic E-state index is 13.1. The van der Waals surface area contributed by atoms with Gasteiger partial charge in [-0.25, -0.2) is 4.39 Å². The maximum Gasteiger partial charge on any atom is 0.130 e. The fraction of sp³-hybridized carbons (Fsp3) is 0.312. The Morgan fingerprint density at radius 2 is 2.00 bits per heavy atom. The van der Waals surface area contributed by atoms with Crippen LogP contribution in [-0.4, -0.2) is 11.5 Å². The smallest absolute Gasteiger partial charge is 0.130 e. The first-order chi connectivity index (χ1) is 9.63. The molecule has 0 radical (unpaired) electrons. The Bertz CT molecular complexity index is 558. The van der Waals surface area contributed by atoms with Crippen LogP contribution in [0, 0.1) is 11.7 Å². The van der Waals surface area contributed by atoms with Gasteiger partial charge in [0.1, 0.15) is 17.3 Å². The second kappa shape index (κ2) is 7.01. The van der Waals surface area contributed by atoms with Crippen LogP contribution in [0.2, 0.25) is 0 Å². The molecule has 1 aromatic heterocycles. The molecule has 1 aromatic carbocycles. The van der Waals surface area contributed by atoms with Gasteiger partial charge in [0.05, 0.1) is 5.69 Å². The molecule has 0 saturated carbocycles. The van der Waals surface area contributed by atoms with E-state index >= 15 is 0 Å². The van der Waals surface area contributed by atoms with E-state index in [9.17, 15) is 4.39 Å². The predicted molar refractivity (Wildman–Crippen MR) is 77.3 cm³/mol. The van der Waals surface area contributed by atoms with Crippen LogP contribution in [0.5, 0.6) is 11.5 Å². The Balaban J connectivity index is 1.99.